The van der Waals surface area contributed by atoms with Crippen molar-refractivity contribution in [1.29, 1.82) is 0 Å². The number of hydrogen-bond acceptors (Lipinski definition) is 4. The summed E-state index contributed by atoms with van der Waals surface area (Å²) in [5, 5.41) is 5.94. The molecular formula is C32H34N4O2. The van der Waals surface area contributed by atoms with Gasteiger partial charge in [-0.05, 0) is 96.8 Å². The highest BCUT2D eigenvalue weighted by Crippen LogP contribution is 2.25. The number of anilines is 4. The molecule has 6 nitrogen and oxygen atoms in total. The fraction of sp³-hybridized carbons (Fsp3) is 0.188. The first-order chi connectivity index (χ1) is 18.1. The van der Waals surface area contributed by atoms with Gasteiger partial charge < -0.3 is 20.4 Å². The molecule has 0 spiro atoms. The van der Waals surface area contributed by atoms with Crippen LogP contribution in [0.4, 0.5) is 22.7 Å². The second-order valence-corrected chi connectivity index (χ2v) is 9.85. The molecule has 2 N–H and O–H groups in total. The van der Waals surface area contributed by atoms with E-state index in [1.54, 1.807) is 0 Å². The Labute approximate surface area is 224 Å². The average Bonchev–Trinajstić information content (AvgIpc) is 2.88. The van der Waals surface area contributed by atoms with Crippen LogP contribution < -0.4 is 20.4 Å². The quantitative estimate of drug-likeness (QED) is 0.296. The fourth-order valence-corrected chi connectivity index (χ4v) is 4.50. The van der Waals surface area contributed by atoms with E-state index >= 15 is 0 Å². The normalized spacial score (nSPS) is 10.6. The Bertz CT molecular complexity index is 1340. The molecule has 38 heavy (non-hydrogen) atoms. The molecular weight excluding hydrogens is 472 g/mol. The Morgan fingerprint density at radius 3 is 1.16 bits per heavy atom. The number of nitrogens with zero attached hydrogens (tertiary/aromatic N) is 2. The number of aryl methyl sites for hydroxylation is 2. The van der Waals surface area contributed by atoms with Gasteiger partial charge in [0.2, 0.25) is 0 Å². The third-order valence-corrected chi connectivity index (χ3v) is 6.50. The first-order valence-electron chi connectivity index (χ1n) is 12.5. The van der Waals surface area contributed by atoms with Gasteiger partial charge in [0.25, 0.3) is 11.8 Å². The number of carbonyl (C=O) groups is 2. The lowest BCUT2D eigenvalue weighted by Gasteiger charge is -2.16. The van der Waals surface area contributed by atoms with E-state index in [1.807, 2.05) is 137 Å². The minimum absolute atomic E-state index is 0.158. The van der Waals surface area contributed by atoms with Crippen LogP contribution in [0.2, 0.25) is 0 Å². The summed E-state index contributed by atoms with van der Waals surface area (Å²) in [6, 6.07) is 26.7. The minimum atomic E-state index is -0.158. The van der Waals surface area contributed by atoms with E-state index in [0.29, 0.717) is 11.1 Å². The van der Waals surface area contributed by atoms with Crippen molar-refractivity contribution >= 4 is 34.6 Å². The van der Waals surface area contributed by atoms with Crippen molar-refractivity contribution in [3.05, 3.63) is 107 Å². The summed E-state index contributed by atoms with van der Waals surface area (Å²) in [4.78, 5) is 29.6. The van der Waals surface area contributed by atoms with Crippen LogP contribution in [0.25, 0.3) is 11.1 Å². The van der Waals surface area contributed by atoms with Gasteiger partial charge in [-0.1, -0.05) is 24.3 Å². The van der Waals surface area contributed by atoms with Crippen molar-refractivity contribution in [2.24, 2.45) is 0 Å². The second-order valence-electron chi connectivity index (χ2n) is 9.85. The van der Waals surface area contributed by atoms with Gasteiger partial charge in [0.1, 0.15) is 0 Å². The predicted molar refractivity (Wildman–Crippen MR) is 159 cm³/mol. The Morgan fingerprint density at radius 2 is 0.868 bits per heavy atom. The highest BCUT2D eigenvalue weighted by Gasteiger charge is 2.11. The highest BCUT2D eigenvalue weighted by molar-refractivity contribution is 6.05. The van der Waals surface area contributed by atoms with Crippen LogP contribution in [0.1, 0.15) is 31.8 Å². The van der Waals surface area contributed by atoms with Crippen molar-refractivity contribution in [1.82, 2.24) is 0 Å². The minimum Gasteiger partial charge on any atom is -0.377 e. The van der Waals surface area contributed by atoms with Gasteiger partial charge in [0.05, 0.1) is 0 Å². The maximum absolute atomic E-state index is 12.8. The average molecular weight is 507 g/mol. The summed E-state index contributed by atoms with van der Waals surface area (Å²) in [6.45, 7) is 4.05. The lowest BCUT2D eigenvalue weighted by atomic mass is 10.0. The molecule has 4 rings (SSSR count). The maximum Gasteiger partial charge on any atom is 0.255 e. The summed E-state index contributed by atoms with van der Waals surface area (Å²) in [6.07, 6.45) is 0. The molecule has 0 saturated carbocycles. The molecule has 0 heterocycles. The standard InChI is InChI=1S/C32H34N4O2/c1-21-19-27(15-17-29(21)35(3)4)33-31(37)25-11-7-23(8-12-25)24-9-13-26(14-10-24)32(38)34-28-16-18-30(36(5)6)22(2)20-28/h7-20H,1-6H3,(H,33,37)(H,34,38). The maximum atomic E-state index is 12.8. The molecule has 6 heteroatoms. The lowest BCUT2D eigenvalue weighted by Crippen LogP contribution is -2.13. The van der Waals surface area contributed by atoms with E-state index in [4.69, 9.17) is 0 Å². The SMILES string of the molecule is Cc1cc(NC(=O)c2ccc(-c3ccc(C(=O)Nc4ccc(N(C)C)c(C)c4)cc3)cc2)ccc1N(C)C. The molecule has 0 aliphatic heterocycles. The van der Waals surface area contributed by atoms with Crippen LogP contribution >= 0.6 is 0 Å². The van der Waals surface area contributed by atoms with Gasteiger partial charge in [0.15, 0.2) is 0 Å². The van der Waals surface area contributed by atoms with Crippen LogP contribution in [0.15, 0.2) is 84.9 Å². The molecule has 0 aliphatic rings. The van der Waals surface area contributed by atoms with Crippen molar-refractivity contribution in [3.63, 3.8) is 0 Å². The molecule has 0 unspecified atom stereocenters. The van der Waals surface area contributed by atoms with E-state index in [2.05, 4.69) is 10.6 Å². The largest absolute Gasteiger partial charge is 0.377 e. The first kappa shape index (κ1) is 26.5. The molecule has 2 amide bonds. The van der Waals surface area contributed by atoms with E-state index in [-0.39, 0.29) is 11.8 Å². The number of amides is 2. The summed E-state index contributed by atoms with van der Waals surface area (Å²) in [7, 11) is 7.99. The molecule has 0 atom stereocenters. The summed E-state index contributed by atoms with van der Waals surface area (Å²) in [5.41, 5.74) is 9.04. The van der Waals surface area contributed by atoms with Crippen molar-refractivity contribution in [2.75, 3.05) is 48.6 Å². The van der Waals surface area contributed by atoms with Crippen molar-refractivity contribution in [3.8, 4) is 11.1 Å². The zero-order valence-corrected chi connectivity index (χ0v) is 22.8. The van der Waals surface area contributed by atoms with Crippen LogP contribution in [-0.2, 0) is 0 Å². The number of benzene rings is 4. The Kier molecular flexibility index (Phi) is 7.82. The van der Waals surface area contributed by atoms with Gasteiger partial charge in [-0.25, -0.2) is 0 Å². The lowest BCUT2D eigenvalue weighted by molar-refractivity contribution is 0.101. The molecule has 4 aromatic carbocycles. The zero-order chi connectivity index (χ0) is 27.4. The van der Waals surface area contributed by atoms with Crippen LogP contribution in [-0.4, -0.2) is 40.0 Å². The third kappa shape index (κ3) is 6.03. The molecule has 0 fully saturated rings. The van der Waals surface area contributed by atoms with Crippen molar-refractivity contribution < 1.29 is 9.59 Å². The van der Waals surface area contributed by atoms with Crippen LogP contribution in [0.3, 0.4) is 0 Å². The molecule has 0 aliphatic carbocycles. The van der Waals surface area contributed by atoms with Gasteiger partial charge in [-0.3, -0.25) is 9.59 Å². The molecule has 0 aromatic heterocycles. The Hall–Kier alpha value is -4.58. The molecule has 194 valence electrons. The van der Waals surface area contributed by atoms with E-state index in [9.17, 15) is 9.59 Å². The molecule has 4 aromatic rings. The summed E-state index contributed by atoms with van der Waals surface area (Å²) in [5.74, 6) is -0.316. The second kappa shape index (κ2) is 11.2. The zero-order valence-electron chi connectivity index (χ0n) is 22.8. The van der Waals surface area contributed by atoms with Crippen molar-refractivity contribution in [2.45, 2.75) is 13.8 Å². The Balaban J connectivity index is 1.40. The van der Waals surface area contributed by atoms with Gasteiger partial charge in [0, 0.05) is 62.1 Å². The summed E-state index contributed by atoms with van der Waals surface area (Å²) < 4.78 is 0. The van der Waals surface area contributed by atoms with Crippen LogP contribution in [0.5, 0.6) is 0 Å². The number of hydrogen-bond donors (Lipinski definition) is 2. The third-order valence-electron chi connectivity index (χ3n) is 6.50. The van der Waals surface area contributed by atoms with Gasteiger partial charge >= 0.3 is 0 Å². The first-order valence-corrected chi connectivity index (χ1v) is 12.5. The Morgan fingerprint density at radius 1 is 0.526 bits per heavy atom. The highest BCUT2D eigenvalue weighted by atomic mass is 16.2. The molecule has 0 radical (unpaired) electrons. The topological polar surface area (TPSA) is 64.7 Å². The monoisotopic (exact) mass is 506 g/mol. The van der Waals surface area contributed by atoms with Gasteiger partial charge in [-0.2, -0.15) is 0 Å². The predicted octanol–water partition coefficient (Wildman–Crippen LogP) is 6.61. The van der Waals surface area contributed by atoms with E-state index in [1.165, 1.54) is 0 Å². The van der Waals surface area contributed by atoms with Gasteiger partial charge in [-0.15, -0.1) is 0 Å². The smallest absolute Gasteiger partial charge is 0.255 e. The fourth-order valence-electron chi connectivity index (χ4n) is 4.50. The number of nitrogens with one attached hydrogen (secondary N) is 2. The number of carbonyl (C=O) groups excluding carboxylic acids is 2. The van der Waals surface area contributed by atoms with E-state index in [0.717, 1.165) is 45.0 Å². The summed E-state index contributed by atoms with van der Waals surface area (Å²) >= 11 is 0. The molecule has 0 saturated heterocycles. The van der Waals surface area contributed by atoms with E-state index < -0.39 is 0 Å². The number of rotatable bonds is 7. The van der Waals surface area contributed by atoms with Crippen LogP contribution in [0, 0.1) is 13.8 Å². The molecule has 0 bridgehead atoms.